The first-order valence-corrected chi connectivity index (χ1v) is 6.40. The highest BCUT2D eigenvalue weighted by atomic mass is 16.6. The predicted molar refractivity (Wildman–Crippen MR) is 76.6 cm³/mol. The van der Waals surface area contributed by atoms with Crippen molar-refractivity contribution in [1.29, 1.82) is 0 Å². The number of amides is 1. The van der Waals surface area contributed by atoms with Gasteiger partial charge in [-0.1, -0.05) is 25.5 Å². The van der Waals surface area contributed by atoms with Crippen LogP contribution in [-0.2, 0) is 9.59 Å². The highest BCUT2D eigenvalue weighted by Crippen LogP contribution is 2.14. The van der Waals surface area contributed by atoms with Gasteiger partial charge in [0.1, 0.15) is 6.04 Å². The Balaban J connectivity index is 2.71. The molecule has 1 aromatic rings. The third kappa shape index (κ3) is 5.43. The normalized spacial score (nSPS) is 12.0. The van der Waals surface area contributed by atoms with E-state index in [2.05, 4.69) is 5.32 Å². The molecule has 1 rings (SSSR count). The zero-order valence-electron chi connectivity index (χ0n) is 11.5. The van der Waals surface area contributed by atoms with E-state index in [-0.39, 0.29) is 5.69 Å². The lowest BCUT2D eigenvalue weighted by Crippen LogP contribution is -2.39. The van der Waals surface area contributed by atoms with Crippen molar-refractivity contribution in [3.05, 3.63) is 46.0 Å². The number of nitrogens with one attached hydrogen (secondary N) is 1. The number of hydrogen-bond acceptors (Lipinski definition) is 4. The van der Waals surface area contributed by atoms with Crippen LogP contribution in [0.3, 0.4) is 0 Å². The maximum absolute atomic E-state index is 11.6. The fraction of sp³-hybridized carbons (Fsp3) is 0.286. The van der Waals surface area contributed by atoms with Gasteiger partial charge < -0.3 is 10.4 Å². The van der Waals surface area contributed by atoms with Crippen LogP contribution < -0.4 is 5.32 Å². The molecule has 7 nitrogen and oxygen atoms in total. The number of carboxylic acids is 1. The maximum Gasteiger partial charge on any atom is 0.326 e. The summed E-state index contributed by atoms with van der Waals surface area (Å²) in [6.07, 6.45) is 3.52. The first-order chi connectivity index (χ1) is 9.93. The van der Waals surface area contributed by atoms with E-state index in [1.54, 1.807) is 6.07 Å². The van der Waals surface area contributed by atoms with Gasteiger partial charge in [0.05, 0.1) is 4.92 Å². The van der Waals surface area contributed by atoms with Gasteiger partial charge in [-0.05, 0) is 18.1 Å². The van der Waals surface area contributed by atoms with Crippen molar-refractivity contribution >= 4 is 23.6 Å². The van der Waals surface area contributed by atoms with Crippen molar-refractivity contribution in [2.75, 3.05) is 0 Å². The van der Waals surface area contributed by atoms with Gasteiger partial charge in [0.25, 0.3) is 5.69 Å². The number of benzene rings is 1. The topological polar surface area (TPSA) is 110 Å². The lowest BCUT2D eigenvalue weighted by atomic mass is 10.1. The second-order valence-corrected chi connectivity index (χ2v) is 4.37. The average Bonchev–Trinajstić information content (AvgIpc) is 2.45. The number of carbonyl (C=O) groups excluding carboxylic acids is 1. The molecule has 0 aliphatic carbocycles. The van der Waals surface area contributed by atoms with E-state index in [0.29, 0.717) is 18.4 Å². The number of hydrogen-bond donors (Lipinski definition) is 2. The van der Waals surface area contributed by atoms with E-state index in [1.165, 1.54) is 24.3 Å². The number of non-ortho nitro benzene ring substituents is 1. The van der Waals surface area contributed by atoms with Crippen LogP contribution >= 0.6 is 0 Å². The van der Waals surface area contributed by atoms with Crippen LogP contribution in [-0.4, -0.2) is 27.9 Å². The summed E-state index contributed by atoms with van der Waals surface area (Å²) < 4.78 is 0. The molecular weight excluding hydrogens is 276 g/mol. The minimum atomic E-state index is -1.09. The molecule has 0 spiro atoms. The Hall–Kier alpha value is -2.70. The number of carbonyl (C=O) groups is 2. The van der Waals surface area contributed by atoms with Gasteiger partial charge in [0.2, 0.25) is 5.91 Å². The molecular formula is C14H16N2O5. The summed E-state index contributed by atoms with van der Waals surface area (Å²) >= 11 is 0. The van der Waals surface area contributed by atoms with Gasteiger partial charge in [-0.15, -0.1) is 0 Å². The summed E-state index contributed by atoms with van der Waals surface area (Å²) in [6.45, 7) is 1.82. The summed E-state index contributed by atoms with van der Waals surface area (Å²) in [4.78, 5) is 32.6. The molecule has 1 atom stereocenters. The molecule has 0 radical (unpaired) electrons. The van der Waals surface area contributed by atoms with Gasteiger partial charge in [-0.3, -0.25) is 14.9 Å². The minimum absolute atomic E-state index is 0.0769. The molecule has 0 aromatic heterocycles. The Kier molecular flexibility index (Phi) is 6.06. The number of nitrogens with zero attached hydrogens (tertiary/aromatic N) is 1. The lowest BCUT2D eigenvalue weighted by Gasteiger charge is -2.11. The van der Waals surface area contributed by atoms with E-state index in [0.717, 1.165) is 6.08 Å². The molecule has 0 aliphatic rings. The smallest absolute Gasteiger partial charge is 0.326 e. The Bertz CT molecular complexity index is 568. The zero-order valence-corrected chi connectivity index (χ0v) is 11.5. The van der Waals surface area contributed by atoms with Crippen LogP contribution in [0.5, 0.6) is 0 Å². The van der Waals surface area contributed by atoms with Gasteiger partial charge in [-0.2, -0.15) is 0 Å². The van der Waals surface area contributed by atoms with Crippen molar-refractivity contribution in [2.24, 2.45) is 0 Å². The molecule has 0 fully saturated rings. The maximum atomic E-state index is 11.6. The van der Waals surface area contributed by atoms with Crippen LogP contribution in [0.25, 0.3) is 6.08 Å². The quantitative estimate of drug-likeness (QED) is 0.453. The monoisotopic (exact) mass is 292 g/mol. The van der Waals surface area contributed by atoms with Crippen molar-refractivity contribution in [3.63, 3.8) is 0 Å². The van der Waals surface area contributed by atoms with Gasteiger partial charge in [0, 0.05) is 18.2 Å². The molecule has 112 valence electrons. The molecule has 0 saturated heterocycles. The molecule has 0 aliphatic heterocycles. The number of nitro groups is 1. The standard InChI is InChI=1S/C14H16N2O5/c1-2-4-12(14(18)19)15-13(17)8-7-10-5-3-6-11(9-10)16(20)21/h3,5-9,12H,2,4H2,1H3,(H,15,17)(H,18,19)/b8-7+/t12-/m0/s1. The second-order valence-electron chi connectivity index (χ2n) is 4.37. The molecule has 0 saturated carbocycles. The molecule has 21 heavy (non-hydrogen) atoms. The number of carboxylic acid groups (broad SMARTS) is 1. The summed E-state index contributed by atoms with van der Waals surface area (Å²) in [6, 6.07) is 4.85. The summed E-state index contributed by atoms with van der Waals surface area (Å²) in [5, 5.41) is 21.9. The minimum Gasteiger partial charge on any atom is -0.480 e. The van der Waals surface area contributed by atoms with Gasteiger partial charge in [-0.25, -0.2) is 4.79 Å². The number of aliphatic carboxylic acids is 1. The van der Waals surface area contributed by atoms with Crippen LogP contribution in [0.4, 0.5) is 5.69 Å². The number of rotatable bonds is 7. The van der Waals surface area contributed by atoms with Gasteiger partial charge in [0.15, 0.2) is 0 Å². The highest BCUT2D eigenvalue weighted by molar-refractivity contribution is 5.94. The Morgan fingerprint density at radius 2 is 2.19 bits per heavy atom. The predicted octanol–water partition coefficient (Wildman–Crippen LogP) is 1.98. The first kappa shape index (κ1) is 16.4. The Labute approximate surface area is 121 Å². The SMILES string of the molecule is CCC[C@H](NC(=O)/C=C/c1cccc([N+](=O)[O-])c1)C(=O)O. The summed E-state index contributed by atoms with van der Waals surface area (Å²) in [5.74, 6) is -1.64. The van der Waals surface area contributed by atoms with Crippen molar-refractivity contribution in [1.82, 2.24) is 5.32 Å². The van der Waals surface area contributed by atoms with E-state index < -0.39 is 22.8 Å². The van der Waals surface area contributed by atoms with Gasteiger partial charge >= 0.3 is 5.97 Å². The van der Waals surface area contributed by atoms with E-state index in [4.69, 9.17) is 5.11 Å². The molecule has 0 heterocycles. The first-order valence-electron chi connectivity index (χ1n) is 6.40. The molecule has 1 amide bonds. The molecule has 1 aromatic carbocycles. The third-order valence-electron chi connectivity index (χ3n) is 2.70. The average molecular weight is 292 g/mol. The van der Waals surface area contributed by atoms with E-state index in [9.17, 15) is 19.7 Å². The number of nitro benzene ring substituents is 1. The Morgan fingerprint density at radius 3 is 2.76 bits per heavy atom. The van der Waals surface area contributed by atoms with Crippen molar-refractivity contribution in [3.8, 4) is 0 Å². The molecule has 7 heteroatoms. The third-order valence-corrected chi connectivity index (χ3v) is 2.70. The largest absolute Gasteiger partial charge is 0.480 e. The van der Waals surface area contributed by atoms with Crippen molar-refractivity contribution in [2.45, 2.75) is 25.8 Å². The van der Waals surface area contributed by atoms with Crippen molar-refractivity contribution < 1.29 is 19.6 Å². The summed E-state index contributed by atoms with van der Waals surface area (Å²) in [5.41, 5.74) is 0.411. The zero-order chi connectivity index (χ0) is 15.8. The molecule has 2 N–H and O–H groups in total. The van der Waals surface area contributed by atoms with E-state index in [1.807, 2.05) is 6.92 Å². The lowest BCUT2D eigenvalue weighted by molar-refractivity contribution is -0.384. The molecule has 0 bridgehead atoms. The highest BCUT2D eigenvalue weighted by Gasteiger charge is 2.17. The van der Waals surface area contributed by atoms with Crippen LogP contribution in [0.2, 0.25) is 0 Å². The fourth-order valence-corrected chi connectivity index (χ4v) is 1.68. The van der Waals surface area contributed by atoms with Crippen LogP contribution in [0, 0.1) is 10.1 Å². The second kappa shape index (κ2) is 7.78. The van der Waals surface area contributed by atoms with Crippen LogP contribution in [0.15, 0.2) is 30.3 Å². The fourth-order valence-electron chi connectivity index (χ4n) is 1.68. The molecule has 0 unspecified atom stereocenters. The summed E-state index contributed by atoms with van der Waals surface area (Å²) in [7, 11) is 0. The Morgan fingerprint density at radius 1 is 1.48 bits per heavy atom. The van der Waals surface area contributed by atoms with E-state index >= 15 is 0 Å². The van der Waals surface area contributed by atoms with Crippen LogP contribution in [0.1, 0.15) is 25.3 Å².